The summed E-state index contributed by atoms with van der Waals surface area (Å²) in [7, 11) is 0. The van der Waals surface area contributed by atoms with Crippen molar-refractivity contribution in [1.82, 2.24) is 0 Å². The zero-order chi connectivity index (χ0) is 39.4. The van der Waals surface area contributed by atoms with Gasteiger partial charge in [0.1, 0.15) is 0 Å². The molecule has 0 heterocycles. The van der Waals surface area contributed by atoms with Crippen LogP contribution in [0.5, 0.6) is 0 Å². The van der Waals surface area contributed by atoms with Crippen molar-refractivity contribution in [3.63, 3.8) is 0 Å². The Morgan fingerprint density at radius 1 is 0.370 bits per heavy atom. The van der Waals surface area contributed by atoms with Crippen LogP contribution in [0.1, 0.15) is 27.7 Å². The summed E-state index contributed by atoms with van der Waals surface area (Å²) in [5.74, 6) is 0. The van der Waals surface area contributed by atoms with E-state index < -0.39 is 5.41 Å². The summed E-state index contributed by atoms with van der Waals surface area (Å²) in [5, 5.41) is 2.03. The topological polar surface area (TPSA) is 3.24 Å². The van der Waals surface area contributed by atoms with E-state index in [0.29, 0.717) is 11.1 Å². The van der Waals surface area contributed by atoms with Gasteiger partial charge >= 0.3 is 0 Å². The van der Waals surface area contributed by atoms with Crippen molar-refractivity contribution in [2.75, 3.05) is 4.90 Å². The van der Waals surface area contributed by atoms with E-state index in [-0.39, 0.29) is 29.9 Å². The Kier molecular flexibility index (Phi) is 6.77. The molecule has 9 aromatic carbocycles. The van der Waals surface area contributed by atoms with Crippen molar-refractivity contribution in [2.45, 2.75) is 5.41 Å². The van der Waals surface area contributed by atoms with Crippen LogP contribution in [0.3, 0.4) is 0 Å². The van der Waals surface area contributed by atoms with Crippen LogP contribution >= 0.6 is 0 Å². The molecular weight excluding hydrogens is 651 g/mol. The smallest absolute Gasteiger partial charge is 0.0714 e. The minimum atomic E-state index is -0.664. The van der Waals surface area contributed by atoms with Crippen molar-refractivity contribution in [3.05, 3.63) is 247 Å². The largest absolute Gasteiger partial charge is 0.310 e. The molecule has 1 heteroatoms. The lowest BCUT2D eigenvalue weighted by Gasteiger charge is -2.35. The van der Waals surface area contributed by atoms with Gasteiger partial charge in [-0.1, -0.05) is 182 Å². The second-order valence-electron chi connectivity index (χ2n) is 13.8. The van der Waals surface area contributed by atoms with Gasteiger partial charge in [0.25, 0.3) is 0 Å². The van der Waals surface area contributed by atoms with E-state index in [1.807, 2.05) is 89.8 Å². The van der Waals surface area contributed by atoms with E-state index in [9.17, 15) is 4.11 Å². The SMILES string of the molecule is [2H]c1c([2H])c(-c2ccc3ccccc3c2)c([2H])c(N(c2ccc(-c3ccccc3)cc2)c2ccc3c(c2)C(c2ccccc2)(c2ccccc2)c2ccccc2-3)c1[2H]. The lowest BCUT2D eigenvalue weighted by atomic mass is 9.67. The fourth-order valence-electron chi connectivity index (χ4n) is 8.35. The molecule has 0 spiro atoms. The van der Waals surface area contributed by atoms with Crippen LogP contribution in [0.2, 0.25) is 0 Å². The fourth-order valence-corrected chi connectivity index (χ4v) is 8.35. The number of nitrogens with zero attached hydrogens (tertiary/aromatic N) is 1. The van der Waals surface area contributed by atoms with Crippen molar-refractivity contribution in [2.24, 2.45) is 0 Å². The second-order valence-corrected chi connectivity index (χ2v) is 13.8. The minimum absolute atomic E-state index is 0.0228. The standard InChI is InChI=1S/C53H37N/c1-4-15-38(16-5-1)40-29-31-46(32-30-40)54(47-24-14-19-42(36-47)43-28-27-39-17-10-11-18-41(39)35-43)48-33-34-50-49-25-12-13-26-51(49)53(52(50)37-48,44-20-6-2-7-21-44)45-22-8-3-9-23-45/h1-37H/i14D,19D,24D,36D. The summed E-state index contributed by atoms with van der Waals surface area (Å²) in [5.41, 5.74) is 11.0. The molecule has 10 rings (SSSR count). The van der Waals surface area contributed by atoms with Crippen molar-refractivity contribution in [3.8, 4) is 33.4 Å². The highest BCUT2D eigenvalue weighted by Gasteiger charge is 2.46. The molecule has 0 aromatic heterocycles. The molecule has 0 saturated heterocycles. The molecule has 1 aliphatic carbocycles. The van der Waals surface area contributed by atoms with Gasteiger partial charge < -0.3 is 4.90 Å². The van der Waals surface area contributed by atoms with Gasteiger partial charge in [0.05, 0.1) is 10.9 Å². The lowest BCUT2D eigenvalue weighted by Crippen LogP contribution is -2.28. The Labute approximate surface area is 322 Å². The Hall–Kier alpha value is -6.96. The molecule has 0 bridgehead atoms. The maximum atomic E-state index is 9.92. The summed E-state index contributed by atoms with van der Waals surface area (Å²) >= 11 is 0. The molecular formula is C53H37N. The van der Waals surface area contributed by atoms with Crippen LogP contribution in [-0.4, -0.2) is 0 Å². The number of hydrogen-bond donors (Lipinski definition) is 0. The molecule has 0 unspecified atom stereocenters. The van der Waals surface area contributed by atoms with E-state index in [0.717, 1.165) is 61.1 Å². The maximum Gasteiger partial charge on any atom is 0.0714 e. The number of hydrogen-bond acceptors (Lipinski definition) is 1. The monoisotopic (exact) mass is 691 g/mol. The summed E-state index contributed by atoms with van der Waals surface area (Å²) in [6, 6.07) is 68.1. The van der Waals surface area contributed by atoms with Crippen LogP contribution in [0.4, 0.5) is 17.1 Å². The second kappa shape index (κ2) is 13.2. The predicted octanol–water partition coefficient (Wildman–Crippen LogP) is 14.0. The lowest BCUT2D eigenvalue weighted by molar-refractivity contribution is 0.768. The highest BCUT2D eigenvalue weighted by Crippen LogP contribution is 2.57. The molecule has 0 saturated carbocycles. The van der Waals surface area contributed by atoms with E-state index >= 15 is 0 Å². The van der Waals surface area contributed by atoms with Crippen LogP contribution in [0, 0.1) is 0 Å². The van der Waals surface area contributed by atoms with Gasteiger partial charge in [0.15, 0.2) is 0 Å². The van der Waals surface area contributed by atoms with E-state index in [4.69, 9.17) is 1.37 Å². The molecule has 0 amide bonds. The molecule has 0 radical (unpaired) electrons. The first-order chi connectivity index (χ1) is 28.4. The number of fused-ring (bicyclic) bond motifs is 4. The van der Waals surface area contributed by atoms with Gasteiger partial charge in [-0.05, 0) is 109 Å². The Morgan fingerprint density at radius 2 is 0.944 bits per heavy atom. The third-order valence-electron chi connectivity index (χ3n) is 10.8. The average Bonchev–Trinajstić information content (AvgIpc) is 3.58. The zero-order valence-corrected chi connectivity index (χ0v) is 29.5. The molecule has 54 heavy (non-hydrogen) atoms. The summed E-state index contributed by atoms with van der Waals surface area (Å²) in [6.07, 6.45) is 0. The Morgan fingerprint density at radius 3 is 1.69 bits per heavy atom. The first kappa shape index (κ1) is 27.7. The van der Waals surface area contributed by atoms with Crippen LogP contribution in [-0.2, 0) is 5.41 Å². The molecule has 0 atom stereocenters. The molecule has 0 aliphatic heterocycles. The minimum Gasteiger partial charge on any atom is -0.310 e. The summed E-state index contributed by atoms with van der Waals surface area (Å²) in [6.45, 7) is 0. The van der Waals surface area contributed by atoms with Crippen molar-refractivity contribution in [1.29, 1.82) is 0 Å². The first-order valence-electron chi connectivity index (χ1n) is 20.4. The van der Waals surface area contributed by atoms with Crippen molar-refractivity contribution < 1.29 is 5.48 Å². The predicted molar refractivity (Wildman–Crippen MR) is 227 cm³/mol. The summed E-state index contributed by atoms with van der Waals surface area (Å²) < 4.78 is 37.8. The normalized spacial score (nSPS) is 13.6. The van der Waals surface area contributed by atoms with E-state index in [1.54, 1.807) is 0 Å². The zero-order valence-electron chi connectivity index (χ0n) is 33.5. The highest BCUT2D eigenvalue weighted by atomic mass is 15.1. The van der Waals surface area contributed by atoms with Gasteiger partial charge in [-0.2, -0.15) is 0 Å². The molecule has 9 aromatic rings. The van der Waals surface area contributed by atoms with Gasteiger partial charge in [0.2, 0.25) is 0 Å². The molecule has 254 valence electrons. The van der Waals surface area contributed by atoms with E-state index in [2.05, 4.69) is 115 Å². The summed E-state index contributed by atoms with van der Waals surface area (Å²) in [4.78, 5) is 1.95. The Balaban J connectivity index is 1.26. The molecule has 1 nitrogen and oxygen atoms in total. The molecule has 1 aliphatic rings. The molecule has 0 fully saturated rings. The Bertz CT molecular complexity index is 2940. The van der Waals surface area contributed by atoms with Gasteiger partial charge in [-0.25, -0.2) is 0 Å². The van der Waals surface area contributed by atoms with Crippen molar-refractivity contribution >= 4 is 27.8 Å². The average molecular weight is 692 g/mol. The van der Waals surface area contributed by atoms with Gasteiger partial charge in [-0.15, -0.1) is 0 Å². The van der Waals surface area contributed by atoms with Gasteiger partial charge in [-0.3, -0.25) is 0 Å². The fraction of sp³-hybridized carbons (Fsp3) is 0.0189. The number of anilines is 3. The van der Waals surface area contributed by atoms with Crippen LogP contribution < -0.4 is 4.90 Å². The highest BCUT2D eigenvalue weighted by molar-refractivity contribution is 5.91. The maximum absolute atomic E-state index is 9.92. The first-order valence-corrected chi connectivity index (χ1v) is 18.4. The number of benzene rings is 9. The van der Waals surface area contributed by atoms with Crippen LogP contribution in [0.25, 0.3) is 44.2 Å². The number of rotatable bonds is 7. The molecule has 0 N–H and O–H groups in total. The third kappa shape index (κ3) is 5.25. The van der Waals surface area contributed by atoms with E-state index in [1.165, 1.54) is 5.56 Å². The third-order valence-corrected chi connectivity index (χ3v) is 10.8. The quantitative estimate of drug-likeness (QED) is 0.161. The van der Waals surface area contributed by atoms with Crippen LogP contribution in [0.15, 0.2) is 224 Å². The van der Waals surface area contributed by atoms with Gasteiger partial charge in [0, 0.05) is 17.1 Å².